The van der Waals surface area contributed by atoms with Gasteiger partial charge in [-0.1, -0.05) is 38.1 Å². The molecule has 180 valence electrons. The minimum atomic E-state index is -0.883. The number of rotatable bonds is 10. The molecular formula is C25H30F2N6O. The average Bonchev–Trinajstić information content (AvgIpc) is 2.87. The van der Waals surface area contributed by atoms with Crippen molar-refractivity contribution >= 4 is 17.4 Å². The molecule has 0 saturated heterocycles. The highest BCUT2D eigenvalue weighted by atomic mass is 19.1. The van der Waals surface area contributed by atoms with Gasteiger partial charge in [0.25, 0.3) is 0 Å². The molecule has 3 rings (SSSR count). The average molecular weight is 469 g/mol. The molecule has 0 fully saturated rings. The van der Waals surface area contributed by atoms with Crippen LogP contribution in [0.1, 0.15) is 47.4 Å². The number of hydrogen-bond acceptors (Lipinski definition) is 5. The van der Waals surface area contributed by atoms with Crippen molar-refractivity contribution in [1.29, 1.82) is 10.8 Å². The Morgan fingerprint density at radius 1 is 0.912 bits per heavy atom. The zero-order valence-electron chi connectivity index (χ0n) is 19.3. The third-order valence-corrected chi connectivity index (χ3v) is 4.89. The predicted octanol–water partition coefficient (Wildman–Crippen LogP) is 4.81. The third-order valence-electron chi connectivity index (χ3n) is 4.89. The minimum Gasteiger partial charge on any atom is -0.486 e. The van der Waals surface area contributed by atoms with Crippen molar-refractivity contribution in [2.24, 2.45) is 11.5 Å². The third kappa shape index (κ3) is 6.74. The van der Waals surface area contributed by atoms with Gasteiger partial charge in [0.1, 0.15) is 43.1 Å². The van der Waals surface area contributed by atoms with E-state index in [9.17, 15) is 8.78 Å². The summed E-state index contributed by atoms with van der Waals surface area (Å²) in [5.74, 6) is 0.0223. The number of ether oxygens (including phenoxy) is 1. The molecule has 9 heteroatoms. The second kappa shape index (κ2) is 12.9. The lowest BCUT2D eigenvalue weighted by molar-refractivity contribution is 0.287. The Labute approximate surface area is 198 Å². The fourth-order valence-corrected chi connectivity index (χ4v) is 3.08. The Balaban J connectivity index is 0.00000199. The lowest BCUT2D eigenvalue weighted by Crippen LogP contribution is -2.11. The molecule has 7 N–H and O–H groups in total. The minimum absolute atomic E-state index is 0.0278. The maximum absolute atomic E-state index is 14.0. The molecule has 0 atom stereocenters. The van der Waals surface area contributed by atoms with Crippen LogP contribution in [0.5, 0.6) is 5.75 Å². The number of halogens is 2. The number of pyridine rings is 1. The van der Waals surface area contributed by atoms with E-state index in [0.29, 0.717) is 16.7 Å². The summed E-state index contributed by atoms with van der Waals surface area (Å²) >= 11 is 0. The highest BCUT2D eigenvalue weighted by Gasteiger charge is 2.17. The van der Waals surface area contributed by atoms with Crippen LogP contribution in [0.2, 0.25) is 0 Å². The largest absolute Gasteiger partial charge is 0.486 e. The molecule has 2 aromatic carbocycles. The van der Waals surface area contributed by atoms with Crippen molar-refractivity contribution in [3.63, 3.8) is 0 Å². The first-order valence-corrected chi connectivity index (χ1v) is 10.8. The number of anilines is 1. The van der Waals surface area contributed by atoms with Crippen molar-refractivity contribution in [1.82, 2.24) is 4.98 Å². The van der Waals surface area contributed by atoms with Crippen LogP contribution in [0, 0.1) is 10.8 Å². The topological polar surface area (TPSA) is 134 Å². The fraction of sp³-hybridized carbons (Fsp3) is 0.240. The molecule has 0 amide bonds. The smallest absolute Gasteiger partial charge is 0.150 e. The summed E-state index contributed by atoms with van der Waals surface area (Å²) < 4.78 is 33.3. The molecule has 34 heavy (non-hydrogen) atoms. The molecular weight excluding hydrogens is 438 g/mol. The normalized spacial score (nSPS) is 10.1. The van der Waals surface area contributed by atoms with Crippen molar-refractivity contribution in [3.05, 3.63) is 88.2 Å². The van der Waals surface area contributed by atoms with Gasteiger partial charge in [0, 0.05) is 35.1 Å². The number of alkyl halides is 2. The molecule has 0 aliphatic heterocycles. The standard InChI is InChI=1S/C23H24F2N6O.C2H6/c24-9-19-17(11-30-18-7-5-16(6-8-18)23(28)29)12-31-20(10-25)21(19)32-13-14-1-3-15(4-2-14)22(26)27;1-2/h1-8,12,30H,9-11,13H2,(H3,26,27)(H3,28,29);1-2H3. The quantitative estimate of drug-likeness (QED) is 0.215. The summed E-state index contributed by atoms with van der Waals surface area (Å²) in [5.41, 5.74) is 14.4. The summed E-state index contributed by atoms with van der Waals surface area (Å²) in [6.07, 6.45) is 1.44. The SMILES string of the molecule is CC.N=C(N)c1ccc(COc2c(CF)ncc(CNc3ccc(C(=N)N)cc3)c2CF)cc1. The maximum Gasteiger partial charge on any atom is 0.150 e. The van der Waals surface area contributed by atoms with Gasteiger partial charge in [0.15, 0.2) is 0 Å². The van der Waals surface area contributed by atoms with Gasteiger partial charge in [-0.2, -0.15) is 0 Å². The van der Waals surface area contributed by atoms with E-state index in [1.807, 2.05) is 13.8 Å². The van der Waals surface area contributed by atoms with Crippen LogP contribution in [-0.2, 0) is 26.5 Å². The molecule has 7 nitrogen and oxygen atoms in total. The van der Waals surface area contributed by atoms with Gasteiger partial charge < -0.3 is 21.5 Å². The number of nitrogens with zero attached hydrogens (tertiary/aromatic N) is 1. The van der Waals surface area contributed by atoms with Gasteiger partial charge in [0.05, 0.1) is 0 Å². The van der Waals surface area contributed by atoms with Crippen LogP contribution in [0.3, 0.4) is 0 Å². The number of aromatic nitrogens is 1. The first kappa shape index (κ1) is 26.2. The summed E-state index contributed by atoms with van der Waals surface area (Å²) in [5, 5.41) is 18.0. The molecule has 0 radical (unpaired) electrons. The number of nitrogens with two attached hydrogens (primary N) is 2. The van der Waals surface area contributed by atoms with Gasteiger partial charge in [-0.15, -0.1) is 0 Å². The number of hydrogen-bond donors (Lipinski definition) is 5. The van der Waals surface area contributed by atoms with Gasteiger partial charge in [-0.05, 0) is 35.4 Å². The number of amidine groups is 2. The Morgan fingerprint density at radius 2 is 1.47 bits per heavy atom. The van der Waals surface area contributed by atoms with Gasteiger partial charge >= 0.3 is 0 Å². The number of benzene rings is 2. The summed E-state index contributed by atoms with van der Waals surface area (Å²) in [6.45, 7) is 2.62. The van der Waals surface area contributed by atoms with Crippen LogP contribution in [0.25, 0.3) is 0 Å². The highest BCUT2D eigenvalue weighted by molar-refractivity contribution is 5.95. The van der Waals surface area contributed by atoms with Gasteiger partial charge in [-0.3, -0.25) is 15.8 Å². The van der Waals surface area contributed by atoms with E-state index < -0.39 is 13.3 Å². The molecule has 0 aliphatic carbocycles. The molecule has 3 aromatic rings. The van der Waals surface area contributed by atoms with Crippen molar-refractivity contribution in [2.75, 3.05) is 5.32 Å². The lowest BCUT2D eigenvalue weighted by atomic mass is 10.1. The first-order chi connectivity index (χ1) is 16.4. The van der Waals surface area contributed by atoms with Crippen LogP contribution >= 0.6 is 0 Å². The second-order valence-electron chi connectivity index (χ2n) is 7.05. The second-order valence-corrected chi connectivity index (χ2v) is 7.05. The van der Waals surface area contributed by atoms with E-state index in [0.717, 1.165) is 11.3 Å². The predicted molar refractivity (Wildman–Crippen MR) is 132 cm³/mol. The van der Waals surface area contributed by atoms with E-state index >= 15 is 0 Å². The molecule has 0 unspecified atom stereocenters. The number of nitrogen functional groups attached to an aromatic ring is 2. The van der Waals surface area contributed by atoms with Crippen LogP contribution < -0.4 is 21.5 Å². The van der Waals surface area contributed by atoms with Crippen molar-refractivity contribution < 1.29 is 13.5 Å². The Morgan fingerprint density at radius 3 is 1.97 bits per heavy atom. The van der Waals surface area contributed by atoms with E-state index in [4.69, 9.17) is 27.0 Å². The zero-order valence-corrected chi connectivity index (χ0v) is 19.3. The van der Waals surface area contributed by atoms with Gasteiger partial charge in [0.2, 0.25) is 0 Å². The summed E-state index contributed by atoms with van der Waals surface area (Å²) in [6, 6.07) is 13.8. The lowest BCUT2D eigenvalue weighted by Gasteiger charge is -2.17. The van der Waals surface area contributed by atoms with Crippen molar-refractivity contribution in [3.8, 4) is 5.75 Å². The first-order valence-electron chi connectivity index (χ1n) is 10.8. The van der Waals surface area contributed by atoms with E-state index in [2.05, 4.69) is 10.3 Å². The van der Waals surface area contributed by atoms with Crippen LogP contribution in [-0.4, -0.2) is 16.7 Å². The fourth-order valence-electron chi connectivity index (χ4n) is 3.08. The molecule has 1 heterocycles. The monoisotopic (exact) mass is 468 g/mol. The van der Waals surface area contributed by atoms with E-state index in [1.54, 1.807) is 48.5 Å². The Kier molecular flexibility index (Phi) is 9.94. The van der Waals surface area contributed by atoms with Crippen LogP contribution in [0.4, 0.5) is 14.5 Å². The van der Waals surface area contributed by atoms with Crippen LogP contribution in [0.15, 0.2) is 54.7 Å². The maximum atomic E-state index is 14.0. The molecule has 0 spiro atoms. The Hall–Kier alpha value is -4.01. The Bertz CT molecular complexity index is 1100. The molecule has 0 aliphatic rings. The summed E-state index contributed by atoms with van der Waals surface area (Å²) in [4.78, 5) is 4.11. The highest BCUT2D eigenvalue weighted by Crippen LogP contribution is 2.29. The zero-order chi connectivity index (χ0) is 25.1. The molecule has 0 bridgehead atoms. The van der Waals surface area contributed by atoms with E-state index in [-0.39, 0.29) is 41.8 Å². The summed E-state index contributed by atoms with van der Waals surface area (Å²) in [7, 11) is 0. The number of nitrogens with one attached hydrogen (secondary N) is 3. The van der Waals surface area contributed by atoms with E-state index in [1.165, 1.54) is 6.20 Å². The van der Waals surface area contributed by atoms with Crippen molar-refractivity contribution in [2.45, 2.75) is 40.3 Å². The van der Waals surface area contributed by atoms with Gasteiger partial charge in [-0.25, -0.2) is 8.78 Å². The molecule has 1 aromatic heterocycles. The molecule has 0 saturated carbocycles.